The van der Waals surface area contributed by atoms with Gasteiger partial charge < -0.3 is 15.5 Å². The lowest BCUT2D eigenvalue weighted by molar-refractivity contribution is -0.121. The number of nitrogens with zero attached hydrogens (tertiary/aromatic N) is 4. The third kappa shape index (κ3) is 7.38. The summed E-state index contributed by atoms with van der Waals surface area (Å²) in [5.41, 5.74) is 4.51. The molecule has 0 unspecified atom stereocenters. The fraction of sp³-hybridized carbons (Fsp3) is 0.400. The standard InChI is InChI=1S/C30H40N6O/c1-7-23(18-31-4)27-19-32-28(26-14-12-13-25(17-26)24(8-2)20-36(5)6)34-29(27)33-21-30(35-22(3)37)15-10-9-11-16-30/h7-8,12-14,17-20H,2,9-11,15-16,21H2,1,3-6H3,(H,35,37)(H,32,33,34)/b23-7+,24-20+,31-18-. The molecule has 1 heterocycles. The van der Waals surface area contributed by atoms with Crippen LogP contribution in [0.1, 0.15) is 57.1 Å². The quantitative estimate of drug-likeness (QED) is 0.328. The van der Waals surface area contributed by atoms with Gasteiger partial charge in [-0.3, -0.25) is 9.79 Å². The molecule has 7 heteroatoms. The lowest BCUT2D eigenvalue weighted by Gasteiger charge is -2.38. The molecule has 0 aliphatic heterocycles. The van der Waals surface area contributed by atoms with Gasteiger partial charge in [-0.1, -0.05) is 56.2 Å². The summed E-state index contributed by atoms with van der Waals surface area (Å²) in [6.45, 7) is 8.15. The predicted molar refractivity (Wildman–Crippen MR) is 156 cm³/mol. The second-order valence-corrected chi connectivity index (χ2v) is 9.80. The van der Waals surface area contributed by atoms with Crippen LogP contribution < -0.4 is 10.6 Å². The van der Waals surface area contributed by atoms with Crippen LogP contribution in [0.2, 0.25) is 0 Å². The van der Waals surface area contributed by atoms with E-state index >= 15 is 0 Å². The van der Waals surface area contributed by atoms with E-state index < -0.39 is 0 Å². The van der Waals surface area contributed by atoms with Crippen LogP contribution in [0, 0.1) is 0 Å². The molecule has 1 fully saturated rings. The Bertz CT molecular complexity index is 1190. The number of carbonyl (C=O) groups is 1. The number of aromatic nitrogens is 2. The van der Waals surface area contributed by atoms with Gasteiger partial charge in [-0.2, -0.15) is 0 Å². The zero-order chi connectivity index (χ0) is 26.8. The van der Waals surface area contributed by atoms with E-state index in [-0.39, 0.29) is 11.4 Å². The van der Waals surface area contributed by atoms with Crippen molar-refractivity contribution in [3.8, 4) is 11.4 Å². The Kier molecular flexibility index (Phi) is 9.78. The van der Waals surface area contributed by atoms with E-state index in [0.717, 1.165) is 59.3 Å². The van der Waals surface area contributed by atoms with Gasteiger partial charge in [-0.25, -0.2) is 9.97 Å². The van der Waals surface area contributed by atoms with Crippen molar-refractivity contribution in [3.63, 3.8) is 0 Å². The Morgan fingerprint density at radius 1 is 1.22 bits per heavy atom. The van der Waals surface area contributed by atoms with Crippen molar-refractivity contribution in [2.24, 2.45) is 4.99 Å². The molecule has 3 rings (SSSR count). The van der Waals surface area contributed by atoms with Crippen molar-refractivity contribution < 1.29 is 4.79 Å². The number of carbonyl (C=O) groups excluding carboxylic acids is 1. The Morgan fingerprint density at radius 2 is 1.97 bits per heavy atom. The van der Waals surface area contributed by atoms with Gasteiger partial charge in [0, 0.05) is 69.9 Å². The molecule has 7 nitrogen and oxygen atoms in total. The maximum absolute atomic E-state index is 12.0. The first kappa shape index (κ1) is 27.8. The molecule has 1 amide bonds. The van der Waals surface area contributed by atoms with Crippen LogP contribution in [0.5, 0.6) is 0 Å². The highest BCUT2D eigenvalue weighted by atomic mass is 16.1. The molecule has 1 aromatic carbocycles. The van der Waals surface area contributed by atoms with Gasteiger partial charge in [0.2, 0.25) is 5.91 Å². The van der Waals surface area contributed by atoms with Crippen LogP contribution in [0.4, 0.5) is 5.82 Å². The first-order chi connectivity index (χ1) is 17.8. The summed E-state index contributed by atoms with van der Waals surface area (Å²) in [5.74, 6) is 1.36. The predicted octanol–water partition coefficient (Wildman–Crippen LogP) is 5.59. The highest BCUT2D eigenvalue weighted by molar-refractivity contribution is 6.11. The Hall–Kier alpha value is -3.74. The van der Waals surface area contributed by atoms with E-state index in [2.05, 4.69) is 34.3 Å². The highest BCUT2D eigenvalue weighted by Crippen LogP contribution is 2.31. The molecule has 1 aromatic heterocycles. The topological polar surface area (TPSA) is 82.5 Å². The second-order valence-electron chi connectivity index (χ2n) is 9.80. The number of hydrogen-bond acceptors (Lipinski definition) is 6. The summed E-state index contributed by atoms with van der Waals surface area (Å²) in [6, 6.07) is 8.17. The lowest BCUT2D eigenvalue weighted by Crippen LogP contribution is -2.53. The minimum absolute atomic E-state index is 0.000163. The van der Waals surface area contributed by atoms with E-state index in [0.29, 0.717) is 12.4 Å². The fourth-order valence-electron chi connectivity index (χ4n) is 4.87. The largest absolute Gasteiger partial charge is 0.383 e. The van der Waals surface area contributed by atoms with E-state index in [4.69, 9.17) is 9.97 Å². The maximum Gasteiger partial charge on any atom is 0.217 e. The number of rotatable bonds is 10. The number of allylic oxidation sites excluding steroid dienone is 4. The normalized spacial score (nSPS) is 15.9. The van der Waals surface area contributed by atoms with Crippen molar-refractivity contribution in [1.82, 2.24) is 20.2 Å². The summed E-state index contributed by atoms with van der Waals surface area (Å²) in [4.78, 5) is 28.0. The molecule has 1 aliphatic carbocycles. The summed E-state index contributed by atoms with van der Waals surface area (Å²) in [6.07, 6.45) is 14.9. The van der Waals surface area contributed by atoms with Crippen LogP contribution in [-0.4, -0.2) is 60.2 Å². The Balaban J connectivity index is 2.03. The third-order valence-corrected chi connectivity index (χ3v) is 6.60. The zero-order valence-corrected chi connectivity index (χ0v) is 22.8. The first-order valence-corrected chi connectivity index (χ1v) is 12.9. The fourth-order valence-corrected chi connectivity index (χ4v) is 4.87. The van der Waals surface area contributed by atoms with Crippen molar-refractivity contribution in [2.45, 2.75) is 51.5 Å². The molecule has 0 bridgehead atoms. The van der Waals surface area contributed by atoms with Crippen molar-refractivity contribution in [3.05, 3.63) is 66.5 Å². The van der Waals surface area contributed by atoms with Crippen LogP contribution in [0.3, 0.4) is 0 Å². The summed E-state index contributed by atoms with van der Waals surface area (Å²) < 4.78 is 0. The van der Waals surface area contributed by atoms with Gasteiger partial charge >= 0.3 is 0 Å². The molecule has 0 saturated heterocycles. The van der Waals surface area contributed by atoms with Crippen LogP contribution in [0.15, 0.2) is 60.4 Å². The zero-order valence-electron chi connectivity index (χ0n) is 22.8. The molecule has 2 aromatic rings. The van der Waals surface area contributed by atoms with E-state index in [1.54, 1.807) is 14.0 Å². The molecule has 37 heavy (non-hydrogen) atoms. The number of amides is 1. The average molecular weight is 501 g/mol. The molecule has 0 spiro atoms. The monoisotopic (exact) mass is 500 g/mol. The molecule has 1 saturated carbocycles. The van der Waals surface area contributed by atoms with Crippen LogP contribution in [0.25, 0.3) is 22.5 Å². The second kappa shape index (κ2) is 13.0. The van der Waals surface area contributed by atoms with Crippen molar-refractivity contribution >= 4 is 29.1 Å². The first-order valence-electron chi connectivity index (χ1n) is 12.9. The molecular formula is C30H40N6O. The van der Waals surface area contributed by atoms with Crippen LogP contribution >= 0.6 is 0 Å². The maximum atomic E-state index is 12.0. The average Bonchev–Trinajstić information content (AvgIpc) is 2.89. The van der Waals surface area contributed by atoms with Crippen molar-refractivity contribution in [2.75, 3.05) is 33.0 Å². The van der Waals surface area contributed by atoms with Gasteiger partial charge in [-0.15, -0.1) is 0 Å². The summed E-state index contributed by atoms with van der Waals surface area (Å²) in [5, 5.41) is 6.82. The summed E-state index contributed by atoms with van der Waals surface area (Å²) in [7, 11) is 5.74. The minimum Gasteiger partial charge on any atom is -0.383 e. The SMILES string of the molecule is C=C/C(=C\N(C)C)c1cccc(-c2ncc(C(/C=N\C)=C/C)c(NCC3(NC(C)=O)CCCCC3)n2)c1. The third-order valence-electron chi connectivity index (χ3n) is 6.60. The van der Waals surface area contributed by atoms with Crippen LogP contribution in [-0.2, 0) is 4.79 Å². The smallest absolute Gasteiger partial charge is 0.217 e. The molecule has 2 N–H and O–H groups in total. The van der Waals surface area contributed by atoms with Crippen molar-refractivity contribution in [1.29, 1.82) is 0 Å². The molecule has 0 atom stereocenters. The Morgan fingerprint density at radius 3 is 2.59 bits per heavy atom. The number of anilines is 1. The van der Waals surface area contributed by atoms with E-state index in [1.165, 1.54) is 6.42 Å². The lowest BCUT2D eigenvalue weighted by atomic mass is 9.81. The highest BCUT2D eigenvalue weighted by Gasteiger charge is 2.33. The number of aliphatic imine (C=N–C) groups is 1. The van der Waals surface area contributed by atoms with Gasteiger partial charge in [0.1, 0.15) is 5.82 Å². The molecule has 0 radical (unpaired) electrons. The molecular weight excluding hydrogens is 460 g/mol. The van der Waals surface area contributed by atoms with Gasteiger partial charge in [0.25, 0.3) is 0 Å². The molecule has 1 aliphatic rings. The number of hydrogen-bond donors (Lipinski definition) is 2. The van der Waals surface area contributed by atoms with E-state index in [9.17, 15) is 4.79 Å². The molecule has 196 valence electrons. The number of benzene rings is 1. The van der Waals surface area contributed by atoms with E-state index in [1.807, 2.05) is 68.8 Å². The minimum atomic E-state index is -0.281. The number of nitrogens with one attached hydrogen (secondary N) is 2. The summed E-state index contributed by atoms with van der Waals surface area (Å²) >= 11 is 0. The van der Waals surface area contributed by atoms with Gasteiger partial charge in [0.15, 0.2) is 5.82 Å². The van der Waals surface area contributed by atoms with Gasteiger partial charge in [0.05, 0.1) is 5.54 Å². The van der Waals surface area contributed by atoms with Gasteiger partial charge in [-0.05, 0) is 37.0 Å². The Labute approximate surface area is 221 Å².